The number of aliphatic hydroxyl groups is 1. The van der Waals surface area contributed by atoms with Crippen LogP contribution < -0.4 is 0 Å². The van der Waals surface area contributed by atoms with Crippen molar-refractivity contribution in [3.05, 3.63) is 26.9 Å². The highest BCUT2D eigenvalue weighted by molar-refractivity contribution is 9.11. The summed E-state index contributed by atoms with van der Waals surface area (Å²) in [5, 5.41) is 18.9. The molecule has 1 aromatic heterocycles. The minimum Gasteiger partial charge on any atom is -0.481 e. The van der Waals surface area contributed by atoms with Crippen LogP contribution in [0.5, 0.6) is 0 Å². The van der Waals surface area contributed by atoms with Gasteiger partial charge in [0.1, 0.15) is 6.10 Å². The van der Waals surface area contributed by atoms with Crippen molar-refractivity contribution in [3.8, 4) is 0 Å². The van der Waals surface area contributed by atoms with Gasteiger partial charge in [-0.05, 0) is 44.3 Å². The summed E-state index contributed by atoms with van der Waals surface area (Å²) in [6, 6.07) is 1.72. The van der Waals surface area contributed by atoms with Crippen LogP contribution in [0, 0.1) is 5.92 Å². The molecule has 0 saturated heterocycles. The maximum atomic E-state index is 10.9. The Morgan fingerprint density at radius 2 is 2.19 bits per heavy atom. The standard InChI is InChI=1S/C10H11Br2NO3/c1-2-6(10(15)16)9(14)8-7(12)3-5(11)4-13-8/h3-4,6,9,14H,2H2,1H3,(H,15,16). The van der Waals surface area contributed by atoms with E-state index in [2.05, 4.69) is 36.8 Å². The SMILES string of the molecule is CCC(C(=O)O)C(O)c1ncc(Br)cc1Br. The molecular formula is C10H11Br2NO3. The predicted octanol–water partition coefficient (Wildman–Crippen LogP) is 2.75. The molecule has 0 amide bonds. The number of carboxylic acid groups (broad SMARTS) is 1. The number of aromatic nitrogens is 1. The molecule has 0 aromatic carbocycles. The lowest BCUT2D eigenvalue weighted by atomic mass is 9.97. The van der Waals surface area contributed by atoms with E-state index in [-0.39, 0.29) is 0 Å². The van der Waals surface area contributed by atoms with Gasteiger partial charge in [0.15, 0.2) is 0 Å². The van der Waals surface area contributed by atoms with Crippen molar-refractivity contribution in [1.29, 1.82) is 0 Å². The first-order chi connectivity index (χ1) is 7.47. The summed E-state index contributed by atoms with van der Waals surface area (Å²) < 4.78 is 1.35. The molecule has 0 radical (unpaired) electrons. The Morgan fingerprint density at radius 3 is 2.62 bits per heavy atom. The molecule has 1 aromatic rings. The van der Waals surface area contributed by atoms with Crippen LogP contribution in [0.25, 0.3) is 0 Å². The van der Waals surface area contributed by atoms with Crippen LogP contribution >= 0.6 is 31.9 Å². The predicted molar refractivity (Wildman–Crippen MR) is 66.0 cm³/mol. The van der Waals surface area contributed by atoms with Gasteiger partial charge in [0.25, 0.3) is 0 Å². The van der Waals surface area contributed by atoms with Crippen molar-refractivity contribution in [1.82, 2.24) is 4.98 Å². The number of aliphatic carboxylic acids is 1. The average molecular weight is 353 g/mol. The Bertz CT molecular complexity index is 398. The van der Waals surface area contributed by atoms with E-state index in [4.69, 9.17) is 5.11 Å². The van der Waals surface area contributed by atoms with Gasteiger partial charge in [-0.25, -0.2) is 0 Å². The van der Waals surface area contributed by atoms with Crippen molar-refractivity contribution < 1.29 is 15.0 Å². The molecule has 2 atom stereocenters. The van der Waals surface area contributed by atoms with Crippen molar-refractivity contribution >= 4 is 37.8 Å². The van der Waals surface area contributed by atoms with Gasteiger partial charge in [-0.15, -0.1) is 0 Å². The molecule has 88 valence electrons. The average Bonchev–Trinajstić information content (AvgIpc) is 2.17. The monoisotopic (exact) mass is 351 g/mol. The Kier molecular flexibility index (Phi) is 4.89. The maximum Gasteiger partial charge on any atom is 0.309 e. The fraction of sp³-hybridized carbons (Fsp3) is 0.400. The lowest BCUT2D eigenvalue weighted by Gasteiger charge is -2.18. The summed E-state index contributed by atoms with van der Waals surface area (Å²) >= 11 is 6.49. The number of carbonyl (C=O) groups is 1. The largest absolute Gasteiger partial charge is 0.481 e. The zero-order chi connectivity index (χ0) is 12.3. The lowest BCUT2D eigenvalue weighted by molar-refractivity contribution is -0.146. The molecule has 0 spiro atoms. The highest BCUT2D eigenvalue weighted by atomic mass is 79.9. The van der Waals surface area contributed by atoms with E-state index in [0.29, 0.717) is 16.6 Å². The summed E-state index contributed by atoms with van der Waals surface area (Å²) in [4.78, 5) is 14.9. The van der Waals surface area contributed by atoms with Gasteiger partial charge in [0.05, 0.1) is 11.6 Å². The van der Waals surface area contributed by atoms with Gasteiger partial charge in [0.2, 0.25) is 0 Å². The van der Waals surface area contributed by atoms with Crippen molar-refractivity contribution in [2.45, 2.75) is 19.4 Å². The van der Waals surface area contributed by atoms with Gasteiger partial charge in [-0.1, -0.05) is 6.92 Å². The van der Waals surface area contributed by atoms with Gasteiger partial charge in [-0.2, -0.15) is 0 Å². The number of carboxylic acids is 1. The lowest BCUT2D eigenvalue weighted by Crippen LogP contribution is -2.22. The fourth-order valence-electron chi connectivity index (χ4n) is 1.37. The molecule has 1 heterocycles. The first-order valence-corrected chi connectivity index (χ1v) is 6.27. The minimum atomic E-state index is -1.11. The van der Waals surface area contributed by atoms with Crippen LogP contribution in [0.3, 0.4) is 0 Å². The molecule has 0 bridgehead atoms. The number of nitrogens with zero attached hydrogens (tertiary/aromatic N) is 1. The topological polar surface area (TPSA) is 70.4 Å². The summed E-state index contributed by atoms with van der Waals surface area (Å²) in [6.45, 7) is 1.72. The van der Waals surface area contributed by atoms with Gasteiger partial charge in [-0.3, -0.25) is 9.78 Å². The number of hydrogen-bond acceptors (Lipinski definition) is 3. The summed E-state index contributed by atoms with van der Waals surface area (Å²) in [7, 11) is 0. The molecular weight excluding hydrogens is 342 g/mol. The first kappa shape index (κ1) is 13.6. The van der Waals surface area contributed by atoms with Crippen LogP contribution in [0.1, 0.15) is 25.1 Å². The quantitative estimate of drug-likeness (QED) is 0.874. The number of halogens is 2. The van der Waals surface area contributed by atoms with Crippen molar-refractivity contribution in [2.75, 3.05) is 0 Å². The fourth-order valence-corrected chi connectivity index (χ4v) is 2.59. The van der Waals surface area contributed by atoms with E-state index in [1.165, 1.54) is 6.20 Å². The molecule has 0 saturated carbocycles. The molecule has 0 aliphatic heterocycles. The van der Waals surface area contributed by atoms with Gasteiger partial charge < -0.3 is 10.2 Å². The minimum absolute atomic E-state index is 0.345. The van der Waals surface area contributed by atoms with Crippen LogP contribution in [0.2, 0.25) is 0 Å². The third-order valence-electron chi connectivity index (χ3n) is 2.25. The molecule has 2 N–H and O–H groups in total. The molecule has 6 heteroatoms. The summed E-state index contributed by atoms with van der Waals surface area (Å²) in [6.07, 6.45) is 0.767. The van der Waals surface area contributed by atoms with E-state index in [0.717, 1.165) is 4.47 Å². The van der Waals surface area contributed by atoms with E-state index in [9.17, 15) is 9.90 Å². The summed E-state index contributed by atoms with van der Waals surface area (Å²) in [5.74, 6) is -1.86. The zero-order valence-electron chi connectivity index (χ0n) is 8.52. The van der Waals surface area contributed by atoms with Crippen molar-refractivity contribution in [3.63, 3.8) is 0 Å². The van der Waals surface area contributed by atoms with E-state index < -0.39 is 18.0 Å². The number of rotatable bonds is 4. The second-order valence-electron chi connectivity index (χ2n) is 3.32. The van der Waals surface area contributed by atoms with E-state index >= 15 is 0 Å². The van der Waals surface area contributed by atoms with Gasteiger partial charge in [0, 0.05) is 15.1 Å². The molecule has 0 aliphatic carbocycles. The number of hydrogen-bond donors (Lipinski definition) is 2. The molecule has 0 fully saturated rings. The molecule has 0 aliphatic rings. The second kappa shape index (κ2) is 5.75. The number of aliphatic hydroxyl groups excluding tert-OH is 1. The first-order valence-electron chi connectivity index (χ1n) is 4.69. The third-order valence-corrected chi connectivity index (χ3v) is 3.32. The smallest absolute Gasteiger partial charge is 0.309 e. The Balaban J connectivity index is 3.03. The van der Waals surface area contributed by atoms with E-state index in [1.807, 2.05) is 0 Å². The van der Waals surface area contributed by atoms with Gasteiger partial charge >= 0.3 is 5.97 Å². The van der Waals surface area contributed by atoms with Crippen LogP contribution in [0.4, 0.5) is 0 Å². The van der Waals surface area contributed by atoms with E-state index in [1.54, 1.807) is 13.0 Å². The zero-order valence-corrected chi connectivity index (χ0v) is 11.7. The number of pyridine rings is 1. The van der Waals surface area contributed by atoms with Crippen molar-refractivity contribution in [2.24, 2.45) is 5.92 Å². The Morgan fingerprint density at radius 1 is 1.56 bits per heavy atom. The molecule has 16 heavy (non-hydrogen) atoms. The van der Waals surface area contributed by atoms with Crippen LogP contribution in [-0.4, -0.2) is 21.2 Å². The Labute approximate surface area is 110 Å². The molecule has 1 rings (SSSR count). The maximum absolute atomic E-state index is 10.9. The normalized spacial score (nSPS) is 14.5. The highest BCUT2D eigenvalue weighted by Crippen LogP contribution is 2.30. The van der Waals surface area contributed by atoms with Crippen LogP contribution in [0.15, 0.2) is 21.2 Å². The molecule has 2 unspecified atom stereocenters. The van der Waals surface area contributed by atoms with Crippen LogP contribution in [-0.2, 0) is 4.79 Å². The second-order valence-corrected chi connectivity index (χ2v) is 5.09. The summed E-state index contributed by atoms with van der Waals surface area (Å²) in [5.41, 5.74) is 0.345. The molecule has 4 nitrogen and oxygen atoms in total. The highest BCUT2D eigenvalue weighted by Gasteiger charge is 2.28. The Hall–Kier alpha value is -0.460. The third kappa shape index (κ3) is 3.02.